The first kappa shape index (κ1) is 21.1. The van der Waals surface area contributed by atoms with E-state index >= 15 is 0 Å². The molecule has 3 aromatic carbocycles. The van der Waals surface area contributed by atoms with Crippen molar-refractivity contribution in [1.29, 1.82) is 0 Å². The Labute approximate surface area is 199 Å². The molecular formula is C25H16N2O4S2. The largest absolute Gasteiger partial charge is 0.489 e. The van der Waals surface area contributed by atoms with Gasteiger partial charge in [-0.25, -0.2) is 0 Å². The molecule has 0 spiro atoms. The Kier molecular flexibility index (Phi) is 5.53. The van der Waals surface area contributed by atoms with Crippen LogP contribution in [0, 0.1) is 0 Å². The monoisotopic (exact) mass is 472 g/mol. The minimum Gasteiger partial charge on any atom is -0.489 e. The molecule has 3 aromatic rings. The second kappa shape index (κ2) is 8.65. The Morgan fingerprint density at radius 3 is 2.00 bits per heavy atom. The maximum atomic E-state index is 13.1. The van der Waals surface area contributed by atoms with Crippen LogP contribution >= 0.6 is 24.0 Å². The molecule has 0 atom stereocenters. The maximum absolute atomic E-state index is 13.1. The van der Waals surface area contributed by atoms with Gasteiger partial charge in [-0.1, -0.05) is 66.4 Å². The molecule has 0 aromatic heterocycles. The van der Waals surface area contributed by atoms with Gasteiger partial charge in [-0.2, -0.15) is 10.0 Å². The van der Waals surface area contributed by atoms with Crippen LogP contribution < -0.4 is 4.74 Å². The van der Waals surface area contributed by atoms with Crippen LogP contribution in [0.4, 0.5) is 0 Å². The highest BCUT2D eigenvalue weighted by Crippen LogP contribution is 2.36. The second-order valence-corrected chi connectivity index (χ2v) is 8.98. The molecule has 1 fully saturated rings. The molecule has 3 amide bonds. The Balaban J connectivity index is 1.31. The van der Waals surface area contributed by atoms with Crippen molar-refractivity contribution in [2.24, 2.45) is 0 Å². The van der Waals surface area contributed by atoms with Crippen LogP contribution in [-0.2, 0) is 11.4 Å². The van der Waals surface area contributed by atoms with Crippen molar-refractivity contribution in [2.45, 2.75) is 6.61 Å². The number of hydrogen-bond donors (Lipinski definition) is 0. The van der Waals surface area contributed by atoms with Crippen molar-refractivity contribution in [3.63, 3.8) is 0 Å². The number of carbonyl (C=O) groups excluding carboxylic acids is 3. The summed E-state index contributed by atoms with van der Waals surface area (Å²) >= 11 is 6.38. The predicted molar refractivity (Wildman–Crippen MR) is 129 cm³/mol. The number of rotatable bonds is 5. The van der Waals surface area contributed by atoms with Gasteiger partial charge >= 0.3 is 0 Å². The third-order valence-corrected chi connectivity index (χ3v) is 6.46. The molecule has 8 heteroatoms. The summed E-state index contributed by atoms with van der Waals surface area (Å²) in [6.45, 7) is 0.457. The van der Waals surface area contributed by atoms with Crippen molar-refractivity contribution in [2.75, 3.05) is 0 Å². The molecule has 0 aliphatic carbocycles. The topological polar surface area (TPSA) is 66.9 Å². The van der Waals surface area contributed by atoms with Crippen LogP contribution in [0.1, 0.15) is 31.8 Å². The van der Waals surface area contributed by atoms with Gasteiger partial charge in [-0.3, -0.25) is 14.4 Å². The molecule has 162 valence electrons. The Hall–Kier alpha value is -3.75. The Bertz CT molecular complexity index is 1280. The van der Waals surface area contributed by atoms with E-state index in [-0.39, 0.29) is 15.4 Å². The summed E-state index contributed by atoms with van der Waals surface area (Å²) in [5, 5.41) is 1.80. The molecule has 1 saturated heterocycles. The van der Waals surface area contributed by atoms with Crippen LogP contribution in [0.25, 0.3) is 6.08 Å². The van der Waals surface area contributed by atoms with Crippen molar-refractivity contribution in [3.05, 3.63) is 106 Å². The molecule has 2 aliphatic rings. The van der Waals surface area contributed by atoms with Crippen molar-refractivity contribution < 1.29 is 19.1 Å². The lowest BCUT2D eigenvalue weighted by molar-refractivity contribution is -0.128. The fourth-order valence-corrected chi connectivity index (χ4v) is 4.78. The van der Waals surface area contributed by atoms with E-state index in [1.165, 1.54) is 0 Å². The fraction of sp³-hybridized carbons (Fsp3) is 0.0400. The van der Waals surface area contributed by atoms with E-state index in [0.29, 0.717) is 17.3 Å². The summed E-state index contributed by atoms with van der Waals surface area (Å²) < 4.78 is 5.92. The lowest BCUT2D eigenvalue weighted by atomic mass is 10.1. The highest BCUT2D eigenvalue weighted by Gasteiger charge is 2.46. The molecule has 2 heterocycles. The number of benzene rings is 3. The molecule has 5 rings (SSSR count). The highest BCUT2D eigenvalue weighted by atomic mass is 32.2. The van der Waals surface area contributed by atoms with Gasteiger partial charge in [0.1, 0.15) is 12.4 Å². The maximum Gasteiger partial charge on any atom is 0.285 e. The van der Waals surface area contributed by atoms with E-state index in [1.54, 1.807) is 30.3 Å². The number of thiocarbonyl (C=S) groups is 1. The summed E-state index contributed by atoms with van der Waals surface area (Å²) in [7, 11) is 0. The van der Waals surface area contributed by atoms with E-state index in [2.05, 4.69) is 0 Å². The molecule has 2 aliphatic heterocycles. The van der Waals surface area contributed by atoms with Gasteiger partial charge in [0, 0.05) is 0 Å². The number of hydrogen-bond acceptors (Lipinski definition) is 6. The van der Waals surface area contributed by atoms with Crippen LogP contribution in [0.5, 0.6) is 5.75 Å². The number of imide groups is 1. The SMILES string of the molecule is O=C1C(=Cc2ccc(OCc3ccccc3)cc2)SC(=S)N1N1C(=O)c2ccccc2C1=O. The number of amides is 3. The van der Waals surface area contributed by atoms with Gasteiger partial charge in [0.25, 0.3) is 17.7 Å². The normalized spacial score (nSPS) is 16.7. The van der Waals surface area contributed by atoms with Gasteiger partial charge < -0.3 is 4.74 Å². The third kappa shape index (κ3) is 3.94. The summed E-state index contributed by atoms with van der Waals surface area (Å²) in [5.74, 6) is -0.931. The van der Waals surface area contributed by atoms with Gasteiger partial charge in [0.15, 0.2) is 4.32 Å². The quantitative estimate of drug-likeness (QED) is 0.305. The number of thioether (sulfide) groups is 1. The minimum atomic E-state index is -0.562. The fourth-order valence-electron chi connectivity index (χ4n) is 3.54. The van der Waals surface area contributed by atoms with E-state index in [9.17, 15) is 14.4 Å². The van der Waals surface area contributed by atoms with E-state index < -0.39 is 17.7 Å². The molecule has 0 saturated carbocycles. The van der Waals surface area contributed by atoms with Crippen LogP contribution in [-0.4, -0.2) is 32.1 Å². The first-order chi connectivity index (χ1) is 16.0. The first-order valence-electron chi connectivity index (χ1n) is 10.1. The van der Waals surface area contributed by atoms with Gasteiger partial charge in [-0.05, 0) is 53.7 Å². The van der Waals surface area contributed by atoms with E-state index in [4.69, 9.17) is 17.0 Å². The number of nitrogens with zero attached hydrogens (tertiary/aromatic N) is 2. The Morgan fingerprint density at radius 1 is 0.758 bits per heavy atom. The third-order valence-electron chi connectivity index (χ3n) is 5.17. The highest BCUT2D eigenvalue weighted by molar-refractivity contribution is 8.26. The zero-order valence-electron chi connectivity index (χ0n) is 17.1. The smallest absolute Gasteiger partial charge is 0.285 e. The number of hydrazine groups is 1. The first-order valence-corrected chi connectivity index (χ1v) is 11.3. The van der Waals surface area contributed by atoms with E-state index in [0.717, 1.165) is 32.9 Å². The predicted octanol–water partition coefficient (Wildman–Crippen LogP) is 4.68. The molecule has 6 nitrogen and oxygen atoms in total. The summed E-state index contributed by atoms with van der Waals surface area (Å²) in [5.41, 5.74) is 2.35. The molecule has 33 heavy (non-hydrogen) atoms. The Morgan fingerprint density at radius 2 is 1.36 bits per heavy atom. The molecular weight excluding hydrogens is 456 g/mol. The zero-order chi connectivity index (χ0) is 22.9. The lowest BCUT2D eigenvalue weighted by Gasteiger charge is -2.23. The van der Waals surface area contributed by atoms with Crippen molar-refractivity contribution >= 4 is 52.1 Å². The zero-order valence-corrected chi connectivity index (χ0v) is 18.8. The molecule has 0 bridgehead atoms. The van der Waals surface area contributed by atoms with E-state index in [1.807, 2.05) is 54.6 Å². The molecule has 0 radical (unpaired) electrons. The van der Waals surface area contributed by atoms with Gasteiger partial charge in [0.05, 0.1) is 16.0 Å². The molecule has 0 N–H and O–H groups in total. The minimum absolute atomic E-state index is 0.128. The lowest BCUT2D eigenvalue weighted by Crippen LogP contribution is -2.48. The standard InChI is InChI=1S/C25H16N2O4S2/c28-22-19-8-4-5-9-20(19)23(29)26(22)27-24(30)21(33-25(27)32)14-16-10-12-18(13-11-16)31-15-17-6-2-1-3-7-17/h1-14H,15H2. The number of fused-ring (bicyclic) bond motifs is 1. The van der Waals surface area contributed by atoms with Crippen LogP contribution in [0.15, 0.2) is 83.8 Å². The average Bonchev–Trinajstić information content (AvgIpc) is 3.25. The number of ether oxygens (including phenoxy) is 1. The second-order valence-electron chi connectivity index (χ2n) is 7.30. The van der Waals surface area contributed by atoms with Gasteiger partial charge in [-0.15, -0.1) is 0 Å². The number of carbonyl (C=O) groups is 3. The summed E-state index contributed by atoms with van der Waals surface area (Å²) in [6.07, 6.45) is 1.68. The molecule has 0 unspecified atom stereocenters. The van der Waals surface area contributed by atoms with Crippen molar-refractivity contribution in [1.82, 2.24) is 10.0 Å². The van der Waals surface area contributed by atoms with Crippen LogP contribution in [0.3, 0.4) is 0 Å². The van der Waals surface area contributed by atoms with Crippen LogP contribution in [0.2, 0.25) is 0 Å². The average molecular weight is 473 g/mol. The van der Waals surface area contributed by atoms with Crippen molar-refractivity contribution in [3.8, 4) is 5.75 Å². The summed E-state index contributed by atoms with van der Waals surface area (Å²) in [4.78, 5) is 38.9. The summed E-state index contributed by atoms with van der Waals surface area (Å²) in [6, 6.07) is 23.6. The van der Waals surface area contributed by atoms with Gasteiger partial charge in [0.2, 0.25) is 0 Å².